The molecule has 140 valence electrons. The van der Waals surface area contributed by atoms with Crippen LogP contribution in [0.15, 0.2) is 30.3 Å². The molecule has 1 N–H and O–H groups in total. The van der Waals surface area contributed by atoms with Gasteiger partial charge in [0.25, 0.3) is 0 Å². The maximum atomic E-state index is 12.6. The minimum absolute atomic E-state index is 0.0152. The fourth-order valence-electron chi connectivity index (χ4n) is 3.10. The van der Waals surface area contributed by atoms with Gasteiger partial charge in [0.05, 0.1) is 11.7 Å². The quantitative estimate of drug-likeness (QED) is 0.769. The lowest BCUT2D eigenvalue weighted by molar-refractivity contribution is -0.126. The molecular formula is C19H30N2O3S. The van der Waals surface area contributed by atoms with E-state index >= 15 is 0 Å². The van der Waals surface area contributed by atoms with Crippen molar-refractivity contribution in [3.8, 4) is 0 Å². The molecule has 0 bridgehead atoms. The number of sulfonamides is 1. The molecule has 1 amide bonds. The van der Waals surface area contributed by atoms with Crippen molar-refractivity contribution in [3.05, 3.63) is 35.9 Å². The van der Waals surface area contributed by atoms with Crippen LogP contribution in [0.1, 0.15) is 45.1 Å². The minimum atomic E-state index is -3.30. The van der Waals surface area contributed by atoms with Crippen LogP contribution in [0.3, 0.4) is 0 Å². The van der Waals surface area contributed by atoms with Crippen molar-refractivity contribution in [1.82, 2.24) is 9.62 Å². The number of aryl methyl sites for hydroxylation is 1. The molecule has 0 unspecified atom stereocenters. The van der Waals surface area contributed by atoms with Crippen LogP contribution in [-0.4, -0.2) is 43.5 Å². The van der Waals surface area contributed by atoms with Gasteiger partial charge in [-0.25, -0.2) is 12.7 Å². The molecule has 0 aromatic heterocycles. The first kappa shape index (κ1) is 19.9. The largest absolute Gasteiger partial charge is 0.353 e. The van der Waals surface area contributed by atoms with Gasteiger partial charge < -0.3 is 5.32 Å². The van der Waals surface area contributed by atoms with E-state index in [0.29, 0.717) is 19.5 Å². The summed E-state index contributed by atoms with van der Waals surface area (Å²) in [5.41, 5.74) is 1.15. The summed E-state index contributed by atoms with van der Waals surface area (Å²) in [6, 6.07) is 10.1. The van der Waals surface area contributed by atoms with Gasteiger partial charge in [-0.15, -0.1) is 0 Å². The Kier molecular flexibility index (Phi) is 7.44. The monoisotopic (exact) mass is 366 g/mol. The normalized spacial score (nSPS) is 20.2. The molecule has 1 heterocycles. The second-order valence-corrected chi connectivity index (χ2v) is 9.01. The summed E-state index contributed by atoms with van der Waals surface area (Å²) in [5, 5.41) is 2.98. The Hall–Kier alpha value is -1.40. The summed E-state index contributed by atoms with van der Waals surface area (Å²) in [4.78, 5) is 12.3. The second kappa shape index (κ2) is 9.34. The molecule has 1 aromatic carbocycles. The minimum Gasteiger partial charge on any atom is -0.353 e. The zero-order valence-electron chi connectivity index (χ0n) is 15.3. The first-order valence-corrected chi connectivity index (χ1v) is 10.9. The van der Waals surface area contributed by atoms with E-state index in [0.717, 1.165) is 31.2 Å². The van der Waals surface area contributed by atoms with Gasteiger partial charge in [-0.1, -0.05) is 37.3 Å². The maximum absolute atomic E-state index is 12.6. The van der Waals surface area contributed by atoms with Crippen LogP contribution in [0, 0.1) is 5.92 Å². The van der Waals surface area contributed by atoms with E-state index in [9.17, 15) is 13.2 Å². The SMILES string of the molecule is CC[C@H](C)NC(=O)[C@@H]1CCCN(S(=O)(=O)CCCc2ccccc2)C1. The lowest BCUT2D eigenvalue weighted by atomic mass is 9.98. The molecule has 0 radical (unpaired) electrons. The Morgan fingerprint density at radius 2 is 2.04 bits per heavy atom. The number of rotatable bonds is 8. The van der Waals surface area contributed by atoms with Gasteiger partial charge in [0.15, 0.2) is 0 Å². The van der Waals surface area contributed by atoms with E-state index < -0.39 is 10.0 Å². The Bertz CT molecular complexity index is 646. The number of nitrogens with one attached hydrogen (secondary N) is 1. The van der Waals surface area contributed by atoms with E-state index in [1.807, 2.05) is 44.2 Å². The van der Waals surface area contributed by atoms with Gasteiger partial charge in [0, 0.05) is 19.1 Å². The number of benzene rings is 1. The smallest absolute Gasteiger partial charge is 0.224 e. The average Bonchev–Trinajstić information content (AvgIpc) is 2.62. The van der Waals surface area contributed by atoms with Gasteiger partial charge in [-0.3, -0.25) is 4.79 Å². The zero-order valence-corrected chi connectivity index (χ0v) is 16.1. The van der Waals surface area contributed by atoms with Crippen LogP contribution in [0.5, 0.6) is 0 Å². The highest BCUT2D eigenvalue weighted by Crippen LogP contribution is 2.20. The number of carbonyl (C=O) groups excluding carboxylic acids is 1. The summed E-state index contributed by atoms with van der Waals surface area (Å²) in [7, 11) is -3.30. The van der Waals surface area contributed by atoms with Crippen molar-refractivity contribution >= 4 is 15.9 Å². The fourth-order valence-corrected chi connectivity index (χ4v) is 4.69. The van der Waals surface area contributed by atoms with Gasteiger partial charge >= 0.3 is 0 Å². The average molecular weight is 367 g/mol. The summed E-state index contributed by atoms with van der Waals surface area (Å²) in [6.45, 7) is 4.84. The highest BCUT2D eigenvalue weighted by molar-refractivity contribution is 7.89. The van der Waals surface area contributed by atoms with Gasteiger partial charge in [-0.2, -0.15) is 0 Å². The second-order valence-electron chi connectivity index (χ2n) is 6.92. The standard InChI is InChI=1S/C19H30N2O3S/c1-3-16(2)20-19(22)18-12-7-13-21(15-18)25(23,24)14-8-11-17-9-5-4-6-10-17/h4-6,9-10,16,18H,3,7-8,11-15H2,1-2H3,(H,20,22)/t16-,18+/m0/s1. The van der Waals surface area contributed by atoms with E-state index in [1.54, 1.807) is 0 Å². The molecule has 1 fully saturated rings. The lowest BCUT2D eigenvalue weighted by Crippen LogP contribution is -2.47. The van der Waals surface area contributed by atoms with Crippen molar-refractivity contribution in [3.63, 3.8) is 0 Å². The van der Waals surface area contributed by atoms with E-state index in [4.69, 9.17) is 0 Å². The Labute approximate surface area is 151 Å². The highest BCUT2D eigenvalue weighted by Gasteiger charge is 2.32. The number of nitrogens with zero attached hydrogens (tertiary/aromatic N) is 1. The van der Waals surface area contributed by atoms with Crippen LogP contribution in [-0.2, 0) is 21.2 Å². The van der Waals surface area contributed by atoms with Crippen molar-refractivity contribution < 1.29 is 13.2 Å². The van der Waals surface area contributed by atoms with Gasteiger partial charge in [0.2, 0.25) is 15.9 Å². The van der Waals surface area contributed by atoms with E-state index in [1.165, 1.54) is 4.31 Å². The van der Waals surface area contributed by atoms with Crippen LogP contribution in [0.2, 0.25) is 0 Å². The number of amides is 1. The molecule has 1 aliphatic heterocycles. The third-order valence-electron chi connectivity index (χ3n) is 4.86. The molecule has 0 saturated carbocycles. The summed E-state index contributed by atoms with van der Waals surface area (Å²) in [5.74, 6) is -0.105. The summed E-state index contributed by atoms with van der Waals surface area (Å²) < 4.78 is 26.7. The molecule has 1 saturated heterocycles. The summed E-state index contributed by atoms with van der Waals surface area (Å²) >= 11 is 0. The summed E-state index contributed by atoms with van der Waals surface area (Å²) in [6.07, 6.45) is 3.74. The van der Waals surface area contributed by atoms with Crippen LogP contribution >= 0.6 is 0 Å². The van der Waals surface area contributed by atoms with E-state index in [2.05, 4.69) is 5.32 Å². The first-order valence-electron chi connectivity index (χ1n) is 9.24. The van der Waals surface area contributed by atoms with Crippen molar-refractivity contribution in [2.24, 2.45) is 5.92 Å². The molecule has 25 heavy (non-hydrogen) atoms. The lowest BCUT2D eigenvalue weighted by Gasteiger charge is -2.31. The number of carbonyl (C=O) groups is 1. The predicted molar refractivity (Wildman–Crippen MR) is 101 cm³/mol. The van der Waals surface area contributed by atoms with Crippen molar-refractivity contribution in [2.45, 2.75) is 52.0 Å². The number of hydrogen-bond donors (Lipinski definition) is 1. The molecular weight excluding hydrogens is 336 g/mol. The Balaban J connectivity index is 1.86. The zero-order chi connectivity index (χ0) is 18.3. The molecule has 1 aliphatic rings. The highest BCUT2D eigenvalue weighted by atomic mass is 32.2. The van der Waals surface area contributed by atoms with Crippen LogP contribution in [0.25, 0.3) is 0 Å². The molecule has 6 heteroatoms. The topological polar surface area (TPSA) is 66.5 Å². The van der Waals surface area contributed by atoms with Gasteiger partial charge in [0.1, 0.15) is 0 Å². The number of hydrogen-bond acceptors (Lipinski definition) is 3. The predicted octanol–water partition coefficient (Wildman–Crippen LogP) is 2.58. The maximum Gasteiger partial charge on any atom is 0.224 e. The Morgan fingerprint density at radius 3 is 2.72 bits per heavy atom. The van der Waals surface area contributed by atoms with Crippen LogP contribution < -0.4 is 5.32 Å². The number of piperidine rings is 1. The third-order valence-corrected chi connectivity index (χ3v) is 6.78. The van der Waals surface area contributed by atoms with Gasteiger partial charge in [-0.05, 0) is 44.6 Å². The first-order chi connectivity index (χ1) is 11.9. The van der Waals surface area contributed by atoms with E-state index in [-0.39, 0.29) is 23.6 Å². The molecule has 1 aromatic rings. The van der Waals surface area contributed by atoms with Crippen molar-refractivity contribution in [1.29, 1.82) is 0 Å². The Morgan fingerprint density at radius 1 is 1.32 bits per heavy atom. The molecule has 0 aliphatic carbocycles. The molecule has 2 rings (SSSR count). The molecule has 2 atom stereocenters. The molecule has 5 nitrogen and oxygen atoms in total. The van der Waals surface area contributed by atoms with Crippen molar-refractivity contribution in [2.75, 3.05) is 18.8 Å². The van der Waals surface area contributed by atoms with Crippen LogP contribution in [0.4, 0.5) is 0 Å². The fraction of sp³-hybridized carbons (Fsp3) is 0.632. The third kappa shape index (κ3) is 6.12. The molecule has 0 spiro atoms.